The smallest absolute Gasteiger partial charge is 0.241 e. The molecule has 0 bridgehead atoms. The summed E-state index contributed by atoms with van der Waals surface area (Å²) in [7, 11) is 0. The van der Waals surface area contributed by atoms with Gasteiger partial charge in [0, 0.05) is 23.7 Å². The average molecular weight is 302 g/mol. The van der Waals surface area contributed by atoms with E-state index in [9.17, 15) is 0 Å². The highest BCUT2D eigenvalue weighted by atomic mass is 35.5. The molecule has 1 aromatic carbocycles. The summed E-state index contributed by atoms with van der Waals surface area (Å²) in [4.78, 5) is 4.54. The molecule has 0 aliphatic carbocycles. The van der Waals surface area contributed by atoms with Crippen molar-refractivity contribution < 1.29 is 4.74 Å². The van der Waals surface area contributed by atoms with Crippen molar-refractivity contribution in [2.45, 2.75) is 19.4 Å². The SMILES string of the molecule is CC(N)Cc1c(Oc2ccc(Cl)cc2)nc2ccccn12. The van der Waals surface area contributed by atoms with Crippen LogP contribution in [0, 0.1) is 0 Å². The Kier molecular flexibility index (Phi) is 3.82. The van der Waals surface area contributed by atoms with Crippen molar-refractivity contribution in [3.63, 3.8) is 0 Å². The number of pyridine rings is 1. The van der Waals surface area contributed by atoms with Gasteiger partial charge in [-0.1, -0.05) is 17.7 Å². The fourth-order valence-electron chi connectivity index (χ4n) is 2.21. The van der Waals surface area contributed by atoms with Gasteiger partial charge in [0.2, 0.25) is 5.88 Å². The number of hydrogen-bond donors (Lipinski definition) is 1. The van der Waals surface area contributed by atoms with E-state index < -0.39 is 0 Å². The summed E-state index contributed by atoms with van der Waals surface area (Å²) in [5.74, 6) is 1.29. The fourth-order valence-corrected chi connectivity index (χ4v) is 2.34. The highest BCUT2D eigenvalue weighted by Crippen LogP contribution is 2.27. The molecule has 0 saturated heterocycles. The zero-order valence-corrected chi connectivity index (χ0v) is 12.4. The van der Waals surface area contributed by atoms with Crippen LogP contribution in [0.1, 0.15) is 12.6 Å². The number of ether oxygens (including phenoxy) is 1. The predicted octanol–water partition coefficient (Wildman–Crippen LogP) is 3.67. The first kappa shape index (κ1) is 13.9. The lowest BCUT2D eigenvalue weighted by Gasteiger charge is -2.08. The van der Waals surface area contributed by atoms with Crippen molar-refractivity contribution in [2.24, 2.45) is 5.73 Å². The summed E-state index contributed by atoms with van der Waals surface area (Å²) in [5, 5.41) is 0.674. The Hall–Kier alpha value is -2.04. The van der Waals surface area contributed by atoms with Gasteiger partial charge in [-0.05, 0) is 43.3 Å². The Balaban J connectivity index is 2.02. The summed E-state index contributed by atoms with van der Waals surface area (Å²) in [5.41, 5.74) is 7.76. The van der Waals surface area contributed by atoms with Crippen molar-refractivity contribution in [3.8, 4) is 11.6 Å². The molecule has 5 heteroatoms. The Morgan fingerprint density at radius 3 is 2.71 bits per heavy atom. The summed E-state index contributed by atoms with van der Waals surface area (Å²) in [6, 6.07) is 13.1. The number of benzene rings is 1. The summed E-state index contributed by atoms with van der Waals surface area (Å²) in [6.45, 7) is 1.97. The van der Waals surface area contributed by atoms with Gasteiger partial charge in [-0.2, -0.15) is 4.98 Å². The first-order chi connectivity index (χ1) is 10.1. The molecule has 2 aromatic heterocycles. The monoisotopic (exact) mass is 301 g/mol. The molecule has 1 atom stereocenters. The predicted molar refractivity (Wildman–Crippen MR) is 84.1 cm³/mol. The number of nitrogens with two attached hydrogens (primary N) is 1. The molecule has 0 saturated carbocycles. The van der Waals surface area contributed by atoms with Gasteiger partial charge in [-0.25, -0.2) is 0 Å². The van der Waals surface area contributed by atoms with E-state index in [0.29, 0.717) is 23.1 Å². The van der Waals surface area contributed by atoms with E-state index in [0.717, 1.165) is 11.3 Å². The summed E-state index contributed by atoms with van der Waals surface area (Å²) < 4.78 is 7.91. The standard InChI is InChI=1S/C16H16ClN3O/c1-11(18)10-14-16(19-15-4-2-3-9-20(14)15)21-13-7-5-12(17)6-8-13/h2-9,11H,10,18H2,1H3. The minimum atomic E-state index is 0.0256. The lowest BCUT2D eigenvalue weighted by molar-refractivity contribution is 0.456. The lowest BCUT2D eigenvalue weighted by Crippen LogP contribution is -2.19. The molecule has 3 aromatic rings. The third kappa shape index (κ3) is 3.01. The Morgan fingerprint density at radius 2 is 2.00 bits per heavy atom. The summed E-state index contributed by atoms with van der Waals surface area (Å²) in [6.07, 6.45) is 2.66. The molecule has 4 nitrogen and oxygen atoms in total. The second kappa shape index (κ2) is 5.76. The topological polar surface area (TPSA) is 52.5 Å². The molecule has 0 fully saturated rings. The van der Waals surface area contributed by atoms with Crippen LogP contribution in [0.15, 0.2) is 48.7 Å². The molecule has 2 N–H and O–H groups in total. The van der Waals surface area contributed by atoms with Crippen LogP contribution in [0.2, 0.25) is 5.02 Å². The molecule has 3 rings (SSSR count). The van der Waals surface area contributed by atoms with Gasteiger partial charge in [0.15, 0.2) is 0 Å². The van der Waals surface area contributed by atoms with E-state index in [4.69, 9.17) is 22.1 Å². The maximum absolute atomic E-state index is 5.94. The lowest BCUT2D eigenvalue weighted by atomic mass is 10.2. The molecule has 108 valence electrons. The van der Waals surface area contributed by atoms with E-state index in [2.05, 4.69) is 4.98 Å². The molecule has 0 radical (unpaired) electrons. The van der Waals surface area contributed by atoms with Gasteiger partial charge in [-0.15, -0.1) is 0 Å². The van der Waals surface area contributed by atoms with Crippen LogP contribution in [0.3, 0.4) is 0 Å². The second-order valence-electron chi connectivity index (χ2n) is 5.03. The van der Waals surface area contributed by atoms with Crippen LogP contribution in [0.4, 0.5) is 0 Å². The molecule has 2 heterocycles. The van der Waals surface area contributed by atoms with Crippen LogP contribution in [-0.4, -0.2) is 15.4 Å². The van der Waals surface area contributed by atoms with E-state index in [1.807, 2.05) is 47.9 Å². The number of hydrogen-bond acceptors (Lipinski definition) is 3. The van der Waals surface area contributed by atoms with Crippen molar-refractivity contribution in [1.29, 1.82) is 0 Å². The van der Waals surface area contributed by atoms with Crippen molar-refractivity contribution in [3.05, 3.63) is 59.4 Å². The largest absolute Gasteiger partial charge is 0.437 e. The minimum absolute atomic E-state index is 0.0256. The van der Waals surface area contributed by atoms with Gasteiger partial charge >= 0.3 is 0 Å². The number of fused-ring (bicyclic) bond motifs is 1. The van der Waals surface area contributed by atoms with Crippen molar-refractivity contribution in [2.75, 3.05) is 0 Å². The normalized spacial score (nSPS) is 12.5. The minimum Gasteiger partial charge on any atom is -0.437 e. The fraction of sp³-hybridized carbons (Fsp3) is 0.188. The van der Waals surface area contributed by atoms with Crippen LogP contribution in [-0.2, 0) is 6.42 Å². The number of rotatable bonds is 4. The second-order valence-corrected chi connectivity index (χ2v) is 5.47. The molecule has 0 spiro atoms. The van der Waals surface area contributed by atoms with Crippen LogP contribution in [0.5, 0.6) is 11.6 Å². The molecule has 1 unspecified atom stereocenters. The third-order valence-electron chi connectivity index (χ3n) is 3.14. The van der Waals surface area contributed by atoms with Crippen LogP contribution >= 0.6 is 11.6 Å². The number of imidazole rings is 1. The Labute approximate surface area is 128 Å². The summed E-state index contributed by atoms with van der Waals surface area (Å²) >= 11 is 5.89. The third-order valence-corrected chi connectivity index (χ3v) is 3.39. The van der Waals surface area contributed by atoms with Gasteiger partial charge in [0.1, 0.15) is 11.4 Å². The van der Waals surface area contributed by atoms with Crippen LogP contribution in [0.25, 0.3) is 5.65 Å². The van der Waals surface area contributed by atoms with Crippen molar-refractivity contribution in [1.82, 2.24) is 9.38 Å². The van der Waals surface area contributed by atoms with Gasteiger partial charge in [0.25, 0.3) is 0 Å². The maximum Gasteiger partial charge on any atom is 0.241 e. The highest BCUT2D eigenvalue weighted by molar-refractivity contribution is 6.30. The molecule has 0 amide bonds. The van der Waals surface area contributed by atoms with E-state index in [1.54, 1.807) is 12.1 Å². The molecule has 21 heavy (non-hydrogen) atoms. The molecule has 0 aliphatic rings. The number of nitrogens with zero attached hydrogens (tertiary/aromatic N) is 2. The van der Waals surface area contributed by atoms with E-state index in [-0.39, 0.29) is 6.04 Å². The number of halogens is 1. The van der Waals surface area contributed by atoms with E-state index in [1.165, 1.54) is 0 Å². The van der Waals surface area contributed by atoms with Gasteiger partial charge in [0.05, 0.1) is 5.69 Å². The zero-order chi connectivity index (χ0) is 14.8. The number of aromatic nitrogens is 2. The molecular weight excluding hydrogens is 286 g/mol. The average Bonchev–Trinajstić information content (AvgIpc) is 2.79. The van der Waals surface area contributed by atoms with Gasteiger partial charge < -0.3 is 14.9 Å². The molecular formula is C16H16ClN3O. The highest BCUT2D eigenvalue weighted by Gasteiger charge is 2.15. The Bertz CT molecular complexity index is 750. The zero-order valence-electron chi connectivity index (χ0n) is 11.7. The van der Waals surface area contributed by atoms with Crippen molar-refractivity contribution >= 4 is 17.2 Å². The van der Waals surface area contributed by atoms with Crippen LogP contribution < -0.4 is 10.5 Å². The first-order valence-corrected chi connectivity index (χ1v) is 7.16. The molecule has 0 aliphatic heterocycles. The quantitative estimate of drug-likeness (QED) is 0.800. The maximum atomic E-state index is 5.94. The Morgan fingerprint density at radius 1 is 1.24 bits per heavy atom. The van der Waals surface area contributed by atoms with Gasteiger partial charge in [-0.3, -0.25) is 0 Å². The first-order valence-electron chi connectivity index (χ1n) is 6.78. The van der Waals surface area contributed by atoms with E-state index >= 15 is 0 Å².